The topological polar surface area (TPSA) is 54.5 Å². The van der Waals surface area contributed by atoms with Crippen molar-refractivity contribution in [3.8, 4) is 0 Å². The van der Waals surface area contributed by atoms with E-state index in [2.05, 4.69) is 15.9 Å². The van der Waals surface area contributed by atoms with E-state index in [4.69, 9.17) is 0 Å². The Morgan fingerprint density at radius 1 is 1.18 bits per heavy atom. The van der Waals surface area contributed by atoms with Crippen molar-refractivity contribution in [3.63, 3.8) is 0 Å². The molecule has 0 aromatic carbocycles. The predicted octanol–water partition coefficient (Wildman–Crippen LogP) is 2.37. The number of alkyl halides is 1. The van der Waals surface area contributed by atoms with Crippen LogP contribution in [-0.2, 0) is 14.6 Å². The SMILES string of the molecule is CN(C(=O)C12C[C@@H]3C[C@H](CC(Br)(C3)C1)C2)[C@H]1CCS(=O)(=O)C1. The first-order valence-electron chi connectivity index (χ1n) is 8.37. The summed E-state index contributed by atoms with van der Waals surface area (Å²) in [4.78, 5) is 15.0. The number of halogens is 1. The molecule has 5 rings (SSSR count). The minimum absolute atomic E-state index is 0.114. The maximum Gasteiger partial charge on any atom is 0.228 e. The molecule has 124 valence electrons. The quantitative estimate of drug-likeness (QED) is 0.681. The third-order valence-corrected chi connectivity index (χ3v) is 9.20. The summed E-state index contributed by atoms with van der Waals surface area (Å²) in [5, 5.41) is 0. The lowest BCUT2D eigenvalue weighted by Crippen LogP contribution is -2.59. The summed E-state index contributed by atoms with van der Waals surface area (Å²) < 4.78 is 23.6. The normalized spacial score (nSPS) is 48.5. The fraction of sp³-hybridized carbons (Fsp3) is 0.938. The highest BCUT2D eigenvalue weighted by atomic mass is 79.9. The Kier molecular flexibility index (Phi) is 3.31. The molecule has 22 heavy (non-hydrogen) atoms. The van der Waals surface area contributed by atoms with Crippen molar-refractivity contribution in [1.29, 1.82) is 0 Å². The summed E-state index contributed by atoms with van der Waals surface area (Å²) in [6.07, 6.45) is 7.27. The smallest absolute Gasteiger partial charge is 0.228 e. The van der Waals surface area contributed by atoms with Gasteiger partial charge >= 0.3 is 0 Å². The third-order valence-electron chi connectivity index (χ3n) is 6.52. The Morgan fingerprint density at radius 2 is 1.82 bits per heavy atom. The first-order valence-corrected chi connectivity index (χ1v) is 11.0. The van der Waals surface area contributed by atoms with Crippen LogP contribution in [0.2, 0.25) is 0 Å². The molecule has 0 unspecified atom stereocenters. The van der Waals surface area contributed by atoms with Gasteiger partial charge in [0.15, 0.2) is 9.84 Å². The molecule has 1 amide bonds. The van der Waals surface area contributed by atoms with Crippen LogP contribution in [0.15, 0.2) is 0 Å². The second-order valence-electron chi connectivity index (χ2n) is 8.37. The lowest BCUT2D eigenvalue weighted by atomic mass is 9.49. The zero-order chi connectivity index (χ0) is 15.8. The summed E-state index contributed by atoms with van der Waals surface area (Å²) in [6.45, 7) is 0. The fourth-order valence-corrected chi connectivity index (χ4v) is 9.25. The molecule has 0 aromatic heterocycles. The molecule has 0 aromatic rings. The van der Waals surface area contributed by atoms with Crippen molar-refractivity contribution < 1.29 is 13.2 Å². The molecular formula is C16H24BrNO3S. The van der Waals surface area contributed by atoms with Gasteiger partial charge in [-0.05, 0) is 56.8 Å². The van der Waals surface area contributed by atoms with E-state index in [9.17, 15) is 13.2 Å². The van der Waals surface area contributed by atoms with E-state index in [1.54, 1.807) is 4.90 Å². The zero-order valence-corrected chi connectivity index (χ0v) is 15.5. The van der Waals surface area contributed by atoms with E-state index in [-0.39, 0.29) is 33.2 Å². The molecule has 1 heterocycles. The van der Waals surface area contributed by atoms with Gasteiger partial charge in [-0.1, -0.05) is 15.9 Å². The van der Waals surface area contributed by atoms with E-state index >= 15 is 0 Å². The van der Waals surface area contributed by atoms with Crippen LogP contribution in [0.5, 0.6) is 0 Å². The Balaban J connectivity index is 1.57. The van der Waals surface area contributed by atoms with Crippen LogP contribution < -0.4 is 0 Å². The number of carbonyl (C=O) groups excluding carboxylic acids is 1. The highest BCUT2D eigenvalue weighted by Crippen LogP contribution is 2.64. The van der Waals surface area contributed by atoms with Crippen LogP contribution in [0.25, 0.3) is 0 Å². The van der Waals surface area contributed by atoms with Gasteiger partial charge in [-0.3, -0.25) is 4.79 Å². The standard InChI is InChI=1S/C16H24BrNO3S/c1-18(13-2-3-22(20,21)9-13)14(19)15-5-11-4-12(6-15)8-16(17,7-11)10-15/h11-13H,2-10H2,1H3/t11-,12-,13-,15?,16?/m0/s1. The summed E-state index contributed by atoms with van der Waals surface area (Å²) in [5.74, 6) is 1.94. The van der Waals surface area contributed by atoms with E-state index in [0.29, 0.717) is 18.3 Å². The summed E-state index contributed by atoms with van der Waals surface area (Å²) in [6, 6.07) is -0.114. The molecule has 4 aliphatic carbocycles. The van der Waals surface area contributed by atoms with E-state index in [1.165, 1.54) is 19.3 Å². The van der Waals surface area contributed by atoms with Crippen LogP contribution in [0.1, 0.15) is 44.9 Å². The average molecular weight is 390 g/mol. The van der Waals surface area contributed by atoms with Gasteiger partial charge < -0.3 is 4.90 Å². The molecular weight excluding hydrogens is 366 g/mol. The molecule has 1 saturated heterocycles. The Bertz CT molecular complexity index is 603. The highest BCUT2D eigenvalue weighted by molar-refractivity contribution is 9.10. The second kappa shape index (κ2) is 4.71. The van der Waals surface area contributed by atoms with Crippen LogP contribution in [0.4, 0.5) is 0 Å². The van der Waals surface area contributed by atoms with Crippen molar-refractivity contribution in [3.05, 3.63) is 0 Å². The van der Waals surface area contributed by atoms with Gasteiger partial charge in [0.1, 0.15) is 0 Å². The largest absolute Gasteiger partial charge is 0.341 e. The van der Waals surface area contributed by atoms with Gasteiger partial charge in [-0.15, -0.1) is 0 Å². The number of amides is 1. The molecule has 0 spiro atoms. The van der Waals surface area contributed by atoms with Crippen LogP contribution in [0.3, 0.4) is 0 Å². The fourth-order valence-electron chi connectivity index (χ4n) is 6.02. The third kappa shape index (κ3) is 2.36. The first-order chi connectivity index (χ1) is 10.2. The molecule has 0 N–H and O–H groups in total. The van der Waals surface area contributed by atoms with Crippen molar-refractivity contribution in [1.82, 2.24) is 4.90 Å². The number of sulfone groups is 1. The van der Waals surface area contributed by atoms with Gasteiger partial charge in [0, 0.05) is 17.4 Å². The van der Waals surface area contributed by atoms with Gasteiger partial charge in [0.2, 0.25) is 5.91 Å². The summed E-state index contributed by atoms with van der Waals surface area (Å²) in [5.41, 5.74) is -0.227. The predicted molar refractivity (Wildman–Crippen MR) is 88.6 cm³/mol. The Morgan fingerprint density at radius 3 is 2.32 bits per heavy atom. The molecule has 5 aliphatic rings. The lowest BCUT2D eigenvalue weighted by molar-refractivity contribution is -0.155. The molecule has 5 fully saturated rings. The summed E-state index contributed by atoms with van der Waals surface area (Å²) in [7, 11) is -1.12. The van der Waals surface area contributed by atoms with E-state index < -0.39 is 9.84 Å². The number of carbonyl (C=O) groups is 1. The maximum absolute atomic E-state index is 13.2. The van der Waals surface area contributed by atoms with Gasteiger partial charge in [0.25, 0.3) is 0 Å². The van der Waals surface area contributed by atoms with Crippen molar-refractivity contribution in [2.24, 2.45) is 17.3 Å². The van der Waals surface area contributed by atoms with Crippen molar-refractivity contribution >= 4 is 31.7 Å². The van der Waals surface area contributed by atoms with Crippen LogP contribution in [0, 0.1) is 17.3 Å². The van der Waals surface area contributed by atoms with E-state index in [0.717, 1.165) is 19.3 Å². The van der Waals surface area contributed by atoms with Crippen molar-refractivity contribution in [2.45, 2.75) is 55.3 Å². The minimum atomic E-state index is -2.95. The monoisotopic (exact) mass is 389 g/mol. The summed E-state index contributed by atoms with van der Waals surface area (Å²) >= 11 is 3.94. The average Bonchev–Trinajstić information content (AvgIpc) is 2.74. The molecule has 4 saturated carbocycles. The Hall–Kier alpha value is -0.100. The number of hydrogen-bond acceptors (Lipinski definition) is 3. The number of nitrogens with zero attached hydrogens (tertiary/aromatic N) is 1. The van der Waals surface area contributed by atoms with Gasteiger partial charge in [-0.25, -0.2) is 8.42 Å². The zero-order valence-electron chi connectivity index (χ0n) is 13.1. The number of rotatable bonds is 2. The van der Waals surface area contributed by atoms with E-state index in [1.807, 2.05) is 7.05 Å². The second-order valence-corrected chi connectivity index (χ2v) is 12.3. The van der Waals surface area contributed by atoms with Crippen molar-refractivity contribution in [2.75, 3.05) is 18.6 Å². The van der Waals surface area contributed by atoms with Crippen LogP contribution in [-0.4, -0.2) is 48.1 Å². The highest BCUT2D eigenvalue weighted by Gasteiger charge is 2.60. The Labute approximate surface area is 141 Å². The van der Waals surface area contributed by atoms with Crippen LogP contribution >= 0.6 is 15.9 Å². The molecule has 3 atom stereocenters. The first kappa shape index (κ1) is 15.4. The van der Waals surface area contributed by atoms with Gasteiger partial charge in [0.05, 0.1) is 16.9 Å². The molecule has 1 aliphatic heterocycles. The number of hydrogen-bond donors (Lipinski definition) is 0. The van der Waals surface area contributed by atoms with Gasteiger partial charge in [-0.2, -0.15) is 0 Å². The molecule has 4 nitrogen and oxygen atoms in total. The molecule has 4 bridgehead atoms. The lowest BCUT2D eigenvalue weighted by Gasteiger charge is -2.60. The molecule has 0 radical (unpaired) electrons. The minimum Gasteiger partial charge on any atom is -0.341 e. The maximum atomic E-state index is 13.2. The molecule has 6 heteroatoms.